The summed E-state index contributed by atoms with van der Waals surface area (Å²) in [6, 6.07) is 20.6. The number of amides is 1. The van der Waals surface area contributed by atoms with Gasteiger partial charge in [-0.05, 0) is 73.9 Å². The molecule has 0 radical (unpaired) electrons. The molecule has 0 fully saturated rings. The van der Waals surface area contributed by atoms with Gasteiger partial charge in [0.1, 0.15) is 0 Å². The first-order valence-electron chi connectivity index (χ1n) is 9.56. The van der Waals surface area contributed by atoms with Gasteiger partial charge in [-0.1, -0.05) is 41.4 Å². The van der Waals surface area contributed by atoms with Crippen LogP contribution in [-0.2, 0) is 16.4 Å². The summed E-state index contributed by atoms with van der Waals surface area (Å²) in [6.07, 6.45) is 1.74. The quantitative estimate of drug-likeness (QED) is 0.491. The summed E-state index contributed by atoms with van der Waals surface area (Å²) in [7, 11) is -3.72. The number of benzene rings is 3. The summed E-state index contributed by atoms with van der Waals surface area (Å²) < 4.78 is 27.3. The first-order chi connectivity index (χ1) is 14.3. The molecule has 0 heterocycles. The number of rotatable bonds is 8. The van der Waals surface area contributed by atoms with E-state index in [-0.39, 0.29) is 10.8 Å². The molecule has 0 aliphatic rings. The SMILES string of the molecule is Cc1ccc(CCCNC(=O)c2ccc(NS(=O)(=O)c3ccc(Cl)cc3)cc2)cc1. The Bertz CT molecular complexity index is 1090. The molecular weight excluding hydrogens is 420 g/mol. The topological polar surface area (TPSA) is 75.3 Å². The number of carbonyl (C=O) groups excluding carboxylic acids is 1. The number of hydrogen-bond acceptors (Lipinski definition) is 3. The van der Waals surface area contributed by atoms with E-state index in [1.54, 1.807) is 24.3 Å². The molecule has 2 N–H and O–H groups in total. The van der Waals surface area contributed by atoms with Crippen LogP contribution in [0.25, 0.3) is 0 Å². The van der Waals surface area contributed by atoms with Gasteiger partial charge in [0.05, 0.1) is 4.90 Å². The van der Waals surface area contributed by atoms with Crippen LogP contribution >= 0.6 is 11.6 Å². The van der Waals surface area contributed by atoms with Gasteiger partial charge in [0.25, 0.3) is 15.9 Å². The molecule has 3 rings (SSSR count). The van der Waals surface area contributed by atoms with Crippen LogP contribution in [0.1, 0.15) is 27.9 Å². The highest BCUT2D eigenvalue weighted by atomic mass is 35.5. The lowest BCUT2D eigenvalue weighted by molar-refractivity contribution is 0.0953. The summed E-state index contributed by atoms with van der Waals surface area (Å²) >= 11 is 5.80. The van der Waals surface area contributed by atoms with Crippen molar-refractivity contribution < 1.29 is 13.2 Å². The zero-order valence-corrected chi connectivity index (χ0v) is 18.1. The second kappa shape index (κ2) is 9.78. The van der Waals surface area contributed by atoms with Crippen molar-refractivity contribution in [2.75, 3.05) is 11.3 Å². The summed E-state index contributed by atoms with van der Waals surface area (Å²) in [5, 5.41) is 3.35. The van der Waals surface area contributed by atoms with E-state index in [1.165, 1.54) is 35.4 Å². The number of aryl methyl sites for hydroxylation is 2. The Morgan fingerprint density at radius 1 is 0.900 bits per heavy atom. The second-order valence-corrected chi connectivity index (χ2v) is 9.10. The smallest absolute Gasteiger partial charge is 0.261 e. The molecule has 7 heteroatoms. The van der Waals surface area contributed by atoms with Crippen molar-refractivity contribution >= 4 is 33.2 Å². The second-order valence-electron chi connectivity index (χ2n) is 6.98. The van der Waals surface area contributed by atoms with Gasteiger partial charge in [-0.15, -0.1) is 0 Å². The largest absolute Gasteiger partial charge is 0.352 e. The monoisotopic (exact) mass is 442 g/mol. The fraction of sp³-hybridized carbons (Fsp3) is 0.174. The van der Waals surface area contributed by atoms with Crippen LogP contribution in [0.3, 0.4) is 0 Å². The minimum Gasteiger partial charge on any atom is -0.352 e. The molecule has 156 valence electrons. The maximum absolute atomic E-state index is 12.4. The maximum atomic E-state index is 12.4. The van der Waals surface area contributed by atoms with E-state index >= 15 is 0 Å². The zero-order chi connectivity index (χ0) is 21.6. The van der Waals surface area contributed by atoms with Crippen molar-refractivity contribution in [1.29, 1.82) is 0 Å². The van der Waals surface area contributed by atoms with Gasteiger partial charge in [-0.3, -0.25) is 9.52 Å². The van der Waals surface area contributed by atoms with Gasteiger partial charge < -0.3 is 5.32 Å². The van der Waals surface area contributed by atoms with Gasteiger partial charge in [-0.25, -0.2) is 8.42 Å². The molecular formula is C23H23ClN2O3S. The Hall–Kier alpha value is -2.83. The van der Waals surface area contributed by atoms with Crippen LogP contribution < -0.4 is 10.0 Å². The van der Waals surface area contributed by atoms with Crippen molar-refractivity contribution in [2.45, 2.75) is 24.7 Å². The van der Waals surface area contributed by atoms with Gasteiger partial charge in [0.2, 0.25) is 0 Å². The van der Waals surface area contributed by atoms with E-state index < -0.39 is 10.0 Å². The molecule has 0 aliphatic carbocycles. The third-order valence-corrected chi connectivity index (χ3v) is 6.22. The van der Waals surface area contributed by atoms with E-state index in [0.717, 1.165) is 12.8 Å². The molecule has 3 aromatic carbocycles. The molecule has 0 aliphatic heterocycles. The molecule has 5 nitrogen and oxygen atoms in total. The molecule has 0 saturated heterocycles. The average molecular weight is 443 g/mol. The van der Waals surface area contributed by atoms with E-state index in [9.17, 15) is 13.2 Å². The number of hydrogen-bond donors (Lipinski definition) is 2. The van der Waals surface area contributed by atoms with Gasteiger partial charge in [-0.2, -0.15) is 0 Å². The summed E-state index contributed by atoms with van der Waals surface area (Å²) in [4.78, 5) is 12.4. The van der Waals surface area contributed by atoms with Crippen LogP contribution in [0.2, 0.25) is 5.02 Å². The van der Waals surface area contributed by atoms with Crippen LogP contribution in [0.4, 0.5) is 5.69 Å². The molecule has 0 bridgehead atoms. The highest BCUT2D eigenvalue weighted by Crippen LogP contribution is 2.18. The normalized spacial score (nSPS) is 11.1. The predicted molar refractivity (Wildman–Crippen MR) is 121 cm³/mol. The number of halogens is 1. The first kappa shape index (κ1) is 21.9. The summed E-state index contributed by atoms with van der Waals surface area (Å²) in [6.45, 7) is 2.62. The van der Waals surface area contributed by atoms with Crippen molar-refractivity contribution in [3.63, 3.8) is 0 Å². The molecule has 0 spiro atoms. The Balaban J connectivity index is 1.51. The number of sulfonamides is 1. The summed E-state index contributed by atoms with van der Waals surface area (Å²) in [5.74, 6) is -0.189. The molecule has 0 aromatic heterocycles. The minimum atomic E-state index is -3.72. The number of anilines is 1. The van der Waals surface area contributed by atoms with Gasteiger partial charge in [0, 0.05) is 22.8 Å². The van der Waals surface area contributed by atoms with Crippen LogP contribution in [0, 0.1) is 6.92 Å². The Kier molecular flexibility index (Phi) is 7.13. The highest BCUT2D eigenvalue weighted by Gasteiger charge is 2.14. The fourth-order valence-electron chi connectivity index (χ4n) is 2.87. The lowest BCUT2D eigenvalue weighted by Crippen LogP contribution is -2.24. The minimum absolute atomic E-state index is 0.113. The van der Waals surface area contributed by atoms with E-state index in [1.807, 2.05) is 0 Å². The maximum Gasteiger partial charge on any atom is 0.261 e. The third kappa shape index (κ3) is 6.08. The zero-order valence-electron chi connectivity index (χ0n) is 16.6. The fourth-order valence-corrected chi connectivity index (χ4v) is 4.05. The Labute approximate surface area is 182 Å². The van der Waals surface area contributed by atoms with E-state index in [2.05, 4.69) is 41.2 Å². The van der Waals surface area contributed by atoms with Crippen molar-refractivity contribution in [1.82, 2.24) is 5.32 Å². The third-order valence-electron chi connectivity index (χ3n) is 4.57. The number of nitrogens with one attached hydrogen (secondary N) is 2. The van der Waals surface area contributed by atoms with E-state index in [4.69, 9.17) is 11.6 Å². The van der Waals surface area contributed by atoms with Gasteiger partial charge in [0.15, 0.2) is 0 Å². The molecule has 1 amide bonds. The highest BCUT2D eigenvalue weighted by molar-refractivity contribution is 7.92. The Morgan fingerprint density at radius 3 is 2.17 bits per heavy atom. The number of carbonyl (C=O) groups is 1. The molecule has 0 saturated carbocycles. The molecule has 0 atom stereocenters. The standard InChI is InChI=1S/C23H23ClN2O3S/c1-17-4-6-18(7-5-17)3-2-16-25-23(27)19-8-12-21(13-9-19)26-30(28,29)22-14-10-20(24)11-15-22/h4-15,26H,2-3,16H2,1H3,(H,25,27). The van der Waals surface area contributed by atoms with Crippen molar-refractivity contribution in [2.24, 2.45) is 0 Å². The van der Waals surface area contributed by atoms with Crippen LogP contribution in [0.5, 0.6) is 0 Å². The van der Waals surface area contributed by atoms with E-state index in [0.29, 0.717) is 22.8 Å². The van der Waals surface area contributed by atoms with Gasteiger partial charge >= 0.3 is 0 Å². The molecule has 0 unspecified atom stereocenters. The van der Waals surface area contributed by atoms with Crippen molar-refractivity contribution in [3.05, 3.63) is 94.5 Å². The van der Waals surface area contributed by atoms with Crippen LogP contribution in [0.15, 0.2) is 77.7 Å². The Morgan fingerprint density at radius 2 is 1.53 bits per heavy atom. The first-order valence-corrected chi connectivity index (χ1v) is 11.4. The summed E-state index contributed by atoms with van der Waals surface area (Å²) in [5.41, 5.74) is 3.32. The molecule has 30 heavy (non-hydrogen) atoms. The lowest BCUT2D eigenvalue weighted by Gasteiger charge is -2.09. The molecule has 3 aromatic rings. The predicted octanol–water partition coefficient (Wildman–Crippen LogP) is 4.81. The van der Waals surface area contributed by atoms with Crippen molar-refractivity contribution in [3.8, 4) is 0 Å². The average Bonchev–Trinajstić information content (AvgIpc) is 2.73. The lowest BCUT2D eigenvalue weighted by atomic mass is 10.1. The van der Waals surface area contributed by atoms with Crippen LogP contribution in [-0.4, -0.2) is 20.9 Å².